The zero-order chi connectivity index (χ0) is 18.6. The molecule has 1 atom stereocenters. The van der Waals surface area contributed by atoms with Crippen LogP contribution in [0.5, 0.6) is 0 Å². The summed E-state index contributed by atoms with van der Waals surface area (Å²) < 4.78 is 1.60. The van der Waals surface area contributed by atoms with E-state index < -0.39 is 0 Å². The molecule has 1 saturated heterocycles. The van der Waals surface area contributed by atoms with Crippen molar-refractivity contribution in [2.45, 2.75) is 12.5 Å². The summed E-state index contributed by atoms with van der Waals surface area (Å²) in [7, 11) is 0. The van der Waals surface area contributed by atoms with Crippen LogP contribution in [0.3, 0.4) is 0 Å². The summed E-state index contributed by atoms with van der Waals surface area (Å²) in [4.78, 5) is 30.9. The molecule has 1 aliphatic rings. The number of aromatic nitrogens is 4. The molecule has 8 heteroatoms. The molecular weight excluding hydrogens is 344 g/mol. The van der Waals surface area contributed by atoms with Crippen LogP contribution in [0.4, 0.5) is 0 Å². The van der Waals surface area contributed by atoms with Crippen molar-refractivity contribution < 1.29 is 9.59 Å². The largest absolute Gasteiger partial charge is 0.347 e. The van der Waals surface area contributed by atoms with Crippen molar-refractivity contribution in [3.05, 3.63) is 72.3 Å². The summed E-state index contributed by atoms with van der Waals surface area (Å²) in [5, 5.41) is 10.7. The van der Waals surface area contributed by atoms with E-state index in [0.29, 0.717) is 30.8 Å². The monoisotopic (exact) mass is 362 g/mol. The first-order valence-electron chi connectivity index (χ1n) is 8.68. The highest BCUT2D eigenvalue weighted by Gasteiger charge is 2.28. The highest BCUT2D eigenvalue weighted by atomic mass is 16.2. The highest BCUT2D eigenvalue weighted by molar-refractivity contribution is 5.95. The predicted molar refractivity (Wildman–Crippen MR) is 97.4 cm³/mol. The maximum absolute atomic E-state index is 12.6. The first kappa shape index (κ1) is 16.9. The molecule has 1 fully saturated rings. The van der Waals surface area contributed by atoms with Gasteiger partial charge in [0.05, 0.1) is 18.1 Å². The molecule has 0 radical (unpaired) electrons. The van der Waals surface area contributed by atoms with E-state index in [4.69, 9.17) is 0 Å². The fourth-order valence-electron chi connectivity index (χ4n) is 3.12. The number of hydrogen-bond acceptors (Lipinski definition) is 5. The molecule has 1 aliphatic heterocycles. The first-order valence-corrected chi connectivity index (χ1v) is 8.68. The summed E-state index contributed by atoms with van der Waals surface area (Å²) >= 11 is 0. The van der Waals surface area contributed by atoms with Crippen molar-refractivity contribution in [3.63, 3.8) is 0 Å². The minimum absolute atomic E-state index is 0.0832. The number of pyridine rings is 1. The number of nitrogens with one attached hydrogen (secondary N) is 1. The Kier molecular flexibility index (Phi) is 4.61. The van der Waals surface area contributed by atoms with Gasteiger partial charge in [-0.1, -0.05) is 17.3 Å². The number of nitrogens with zero attached hydrogens (tertiary/aromatic N) is 5. The molecule has 1 N–H and O–H groups in total. The number of rotatable bonds is 4. The number of benzene rings is 1. The summed E-state index contributed by atoms with van der Waals surface area (Å²) in [6.07, 6.45) is 5.62. The third-order valence-corrected chi connectivity index (χ3v) is 4.49. The van der Waals surface area contributed by atoms with Gasteiger partial charge < -0.3 is 10.2 Å². The van der Waals surface area contributed by atoms with Crippen molar-refractivity contribution in [1.29, 1.82) is 0 Å². The Hall–Kier alpha value is -3.55. The van der Waals surface area contributed by atoms with E-state index >= 15 is 0 Å². The lowest BCUT2D eigenvalue weighted by molar-refractivity contribution is 0.0777. The summed E-state index contributed by atoms with van der Waals surface area (Å²) in [6.45, 7) is 1.07. The normalized spacial score (nSPS) is 16.3. The second-order valence-electron chi connectivity index (χ2n) is 6.32. The Morgan fingerprint density at radius 2 is 2.04 bits per heavy atom. The fourth-order valence-corrected chi connectivity index (χ4v) is 3.12. The smallest absolute Gasteiger partial charge is 0.272 e. The van der Waals surface area contributed by atoms with E-state index in [1.165, 1.54) is 0 Å². The van der Waals surface area contributed by atoms with Crippen molar-refractivity contribution in [2.24, 2.45) is 0 Å². The molecule has 0 aliphatic carbocycles. The molecule has 4 rings (SSSR count). The van der Waals surface area contributed by atoms with Gasteiger partial charge in [-0.3, -0.25) is 14.6 Å². The van der Waals surface area contributed by atoms with Gasteiger partial charge in [-0.2, -0.15) is 0 Å². The van der Waals surface area contributed by atoms with E-state index in [9.17, 15) is 9.59 Å². The second-order valence-corrected chi connectivity index (χ2v) is 6.32. The summed E-state index contributed by atoms with van der Waals surface area (Å²) in [5.74, 6) is -0.283. The SMILES string of the molecule is O=C(N[C@@H]1CCN(C(=O)c2ccccn2)C1)c1cccc(-n2ccnn2)c1. The molecule has 0 bridgehead atoms. The maximum Gasteiger partial charge on any atom is 0.272 e. The van der Waals surface area contributed by atoms with E-state index in [1.807, 2.05) is 6.07 Å². The van der Waals surface area contributed by atoms with Crippen molar-refractivity contribution in [1.82, 2.24) is 30.2 Å². The van der Waals surface area contributed by atoms with Crippen LogP contribution in [-0.4, -0.2) is 55.8 Å². The lowest BCUT2D eigenvalue weighted by Crippen LogP contribution is -2.38. The van der Waals surface area contributed by atoms with Crippen molar-refractivity contribution in [2.75, 3.05) is 13.1 Å². The zero-order valence-corrected chi connectivity index (χ0v) is 14.5. The Balaban J connectivity index is 1.39. The van der Waals surface area contributed by atoms with Crippen molar-refractivity contribution in [3.8, 4) is 5.69 Å². The highest BCUT2D eigenvalue weighted by Crippen LogP contribution is 2.14. The average Bonchev–Trinajstić information content (AvgIpc) is 3.40. The summed E-state index contributed by atoms with van der Waals surface area (Å²) in [6, 6.07) is 12.3. The van der Waals surface area contributed by atoms with E-state index in [1.54, 1.807) is 64.6 Å². The van der Waals surface area contributed by atoms with E-state index in [2.05, 4.69) is 20.6 Å². The van der Waals surface area contributed by atoms with E-state index in [0.717, 1.165) is 5.69 Å². The number of carbonyl (C=O) groups excluding carboxylic acids is 2. The van der Waals surface area contributed by atoms with Gasteiger partial charge in [-0.05, 0) is 36.8 Å². The molecule has 136 valence electrons. The van der Waals surface area contributed by atoms with Crippen LogP contribution in [0.2, 0.25) is 0 Å². The van der Waals surface area contributed by atoms with Crippen molar-refractivity contribution >= 4 is 11.8 Å². The van der Waals surface area contributed by atoms with Gasteiger partial charge in [0.2, 0.25) is 0 Å². The molecule has 8 nitrogen and oxygen atoms in total. The lowest BCUT2D eigenvalue weighted by Gasteiger charge is -2.17. The molecule has 2 aromatic heterocycles. The molecule has 2 amide bonds. The predicted octanol–water partition coefficient (Wildman–Crippen LogP) is 1.31. The van der Waals surface area contributed by atoms with Gasteiger partial charge in [0, 0.05) is 30.9 Å². The van der Waals surface area contributed by atoms with E-state index in [-0.39, 0.29) is 17.9 Å². The zero-order valence-electron chi connectivity index (χ0n) is 14.5. The van der Waals surface area contributed by atoms with Gasteiger partial charge in [-0.15, -0.1) is 5.10 Å². The average molecular weight is 362 g/mol. The molecule has 3 heterocycles. The van der Waals surface area contributed by atoms with Crippen LogP contribution >= 0.6 is 0 Å². The quantitative estimate of drug-likeness (QED) is 0.755. The van der Waals surface area contributed by atoms with Crippen LogP contribution in [0.15, 0.2) is 61.1 Å². The standard InChI is InChI=1S/C19H18N6O2/c26-18(14-4-3-5-16(12-14)25-11-9-21-23-25)22-15-7-10-24(13-15)19(27)17-6-1-2-8-20-17/h1-6,8-9,11-12,15H,7,10,13H2,(H,22,26)/t15-/m1/s1. The van der Waals surface area contributed by atoms with Gasteiger partial charge in [0.25, 0.3) is 11.8 Å². The molecule has 0 spiro atoms. The summed E-state index contributed by atoms with van der Waals surface area (Å²) in [5.41, 5.74) is 1.72. The van der Waals surface area contributed by atoms with Crippen LogP contribution in [0, 0.1) is 0 Å². The molecular formula is C19H18N6O2. The third-order valence-electron chi connectivity index (χ3n) is 4.49. The van der Waals surface area contributed by atoms with Gasteiger partial charge in [0.1, 0.15) is 5.69 Å². The fraction of sp³-hybridized carbons (Fsp3) is 0.211. The number of likely N-dealkylation sites (tertiary alicyclic amines) is 1. The molecule has 1 aromatic carbocycles. The van der Waals surface area contributed by atoms with Gasteiger partial charge >= 0.3 is 0 Å². The van der Waals surface area contributed by atoms with Crippen LogP contribution in [0.1, 0.15) is 27.3 Å². The Morgan fingerprint density at radius 3 is 2.81 bits per heavy atom. The first-order chi connectivity index (χ1) is 13.2. The van der Waals surface area contributed by atoms with Gasteiger partial charge in [0.15, 0.2) is 0 Å². The second kappa shape index (κ2) is 7.36. The van der Waals surface area contributed by atoms with Crippen LogP contribution < -0.4 is 5.32 Å². The topological polar surface area (TPSA) is 93.0 Å². The van der Waals surface area contributed by atoms with Crippen LogP contribution in [0.25, 0.3) is 5.69 Å². The molecule has 0 unspecified atom stereocenters. The Labute approximate surface area is 155 Å². The van der Waals surface area contributed by atoms with Crippen LogP contribution in [-0.2, 0) is 0 Å². The maximum atomic E-state index is 12.6. The minimum atomic E-state index is -0.172. The number of hydrogen-bond donors (Lipinski definition) is 1. The number of amides is 2. The molecule has 27 heavy (non-hydrogen) atoms. The minimum Gasteiger partial charge on any atom is -0.347 e. The third kappa shape index (κ3) is 3.69. The lowest BCUT2D eigenvalue weighted by atomic mass is 10.1. The molecule has 0 saturated carbocycles. The molecule has 3 aromatic rings. The Bertz CT molecular complexity index is 942. The number of carbonyl (C=O) groups is 2. The van der Waals surface area contributed by atoms with Gasteiger partial charge in [-0.25, -0.2) is 4.68 Å². The Morgan fingerprint density at radius 1 is 1.11 bits per heavy atom.